The van der Waals surface area contributed by atoms with Crippen LogP contribution in [-0.2, 0) is 16.1 Å². The molecule has 1 fully saturated rings. The van der Waals surface area contributed by atoms with Gasteiger partial charge in [0, 0.05) is 37.1 Å². The van der Waals surface area contributed by atoms with Gasteiger partial charge in [-0.25, -0.2) is 34.2 Å². The number of hydrogen-bond donors (Lipinski definition) is 2. The number of imidazole rings is 2. The fourth-order valence-corrected chi connectivity index (χ4v) is 5.68. The molecule has 6 rings (SSSR count). The van der Waals surface area contributed by atoms with Gasteiger partial charge in [-0.1, -0.05) is 54.6 Å². The number of aromatic nitrogens is 6. The van der Waals surface area contributed by atoms with Crippen molar-refractivity contribution in [3.8, 4) is 33.9 Å². The van der Waals surface area contributed by atoms with Crippen LogP contribution in [0.15, 0.2) is 79.4 Å². The first-order chi connectivity index (χ1) is 23.5. The second kappa shape index (κ2) is 13.8. The Bertz CT molecular complexity index is 1900. The maximum atomic E-state index is 12.8. The molecule has 0 saturated carbocycles. The molecule has 0 aliphatic carbocycles. The normalized spacial score (nSPS) is 15.2. The highest BCUT2D eigenvalue weighted by atomic mass is 16.6. The van der Waals surface area contributed by atoms with E-state index in [1.165, 1.54) is 9.58 Å². The van der Waals surface area contributed by atoms with E-state index < -0.39 is 11.7 Å². The molecule has 3 aromatic heterocycles. The van der Waals surface area contributed by atoms with Gasteiger partial charge in [0.1, 0.15) is 23.9 Å². The second-order valence-corrected chi connectivity index (χ2v) is 13.1. The van der Waals surface area contributed by atoms with Gasteiger partial charge in [0.15, 0.2) is 5.82 Å². The molecule has 2 atom stereocenters. The zero-order valence-corrected chi connectivity index (χ0v) is 28.3. The first kappa shape index (κ1) is 33.2. The predicted molar refractivity (Wildman–Crippen MR) is 184 cm³/mol. The first-order valence-corrected chi connectivity index (χ1v) is 16.2. The largest absolute Gasteiger partial charge is 0.445 e. The highest BCUT2D eigenvalue weighted by molar-refractivity contribution is 5.70. The number of nitrogens with two attached hydrogens (primary N) is 1. The van der Waals surface area contributed by atoms with E-state index in [2.05, 4.69) is 24.9 Å². The number of amides is 2. The molecule has 13 nitrogen and oxygen atoms in total. The lowest BCUT2D eigenvalue weighted by molar-refractivity contribution is 0.0217. The molecule has 2 aromatic carbocycles. The summed E-state index contributed by atoms with van der Waals surface area (Å²) in [6.07, 6.45) is 7.64. The van der Waals surface area contributed by atoms with E-state index in [0.717, 1.165) is 35.2 Å². The number of rotatable bonds is 8. The molecule has 3 N–H and O–H groups in total. The standard InChI is InChI=1S/C36H41N9O4/c1-23(43(5)34(46)48-22-24-10-7-6-8-11-24)31-40-20-28(42-31)25-13-15-26(16-14-25)32-38-18-27(19-39-32)30-21-41-33(45(30)37)29-12-9-17-44(29)35(47)49-36(2,3)4/h6-8,10-11,13-16,18-21,23,29H,9,12,17,22,37H2,1-5H3,(H,40,42)/t23-,29-/m0/s1. The fraction of sp³-hybridized carbons (Fsp3) is 0.333. The van der Waals surface area contributed by atoms with Gasteiger partial charge in [0.05, 0.1) is 35.9 Å². The maximum Gasteiger partial charge on any atom is 0.410 e. The van der Waals surface area contributed by atoms with Gasteiger partial charge in [-0.05, 0) is 51.7 Å². The van der Waals surface area contributed by atoms with Crippen LogP contribution < -0.4 is 5.84 Å². The van der Waals surface area contributed by atoms with E-state index in [9.17, 15) is 9.59 Å². The Kier molecular flexibility index (Phi) is 9.34. The maximum absolute atomic E-state index is 12.8. The molecule has 4 heterocycles. The van der Waals surface area contributed by atoms with Crippen LogP contribution in [0.25, 0.3) is 33.9 Å². The zero-order valence-electron chi connectivity index (χ0n) is 28.3. The summed E-state index contributed by atoms with van der Waals surface area (Å²) in [6, 6.07) is 16.8. The topological polar surface area (TPSA) is 157 Å². The minimum absolute atomic E-state index is 0.203. The van der Waals surface area contributed by atoms with Crippen LogP contribution in [0.4, 0.5) is 9.59 Å². The van der Waals surface area contributed by atoms with Crippen LogP contribution >= 0.6 is 0 Å². The van der Waals surface area contributed by atoms with E-state index in [4.69, 9.17) is 15.3 Å². The molecular weight excluding hydrogens is 622 g/mol. The van der Waals surface area contributed by atoms with Crippen molar-refractivity contribution in [2.24, 2.45) is 0 Å². The summed E-state index contributed by atoms with van der Waals surface area (Å²) >= 11 is 0. The van der Waals surface area contributed by atoms with Gasteiger partial charge in [0.2, 0.25) is 0 Å². The second-order valence-electron chi connectivity index (χ2n) is 13.1. The van der Waals surface area contributed by atoms with Crippen molar-refractivity contribution >= 4 is 12.2 Å². The Morgan fingerprint density at radius 2 is 1.65 bits per heavy atom. The highest BCUT2D eigenvalue weighted by Crippen LogP contribution is 2.34. The lowest BCUT2D eigenvalue weighted by Gasteiger charge is -2.28. The zero-order chi connectivity index (χ0) is 34.7. The number of ether oxygens (including phenoxy) is 2. The van der Waals surface area contributed by atoms with Crippen molar-refractivity contribution in [1.29, 1.82) is 0 Å². The molecule has 13 heteroatoms. The summed E-state index contributed by atoms with van der Waals surface area (Å²) in [5.74, 6) is 8.29. The van der Waals surface area contributed by atoms with Gasteiger partial charge in [0.25, 0.3) is 0 Å². The molecule has 0 spiro atoms. The van der Waals surface area contributed by atoms with Crippen molar-refractivity contribution in [3.63, 3.8) is 0 Å². The molecule has 5 aromatic rings. The van der Waals surface area contributed by atoms with E-state index in [0.29, 0.717) is 35.3 Å². The monoisotopic (exact) mass is 663 g/mol. The number of carbonyl (C=O) groups excluding carboxylic acids is 2. The molecule has 0 bridgehead atoms. The Morgan fingerprint density at radius 1 is 0.959 bits per heavy atom. The number of nitrogen functional groups attached to an aromatic ring is 1. The van der Waals surface area contributed by atoms with E-state index in [1.54, 1.807) is 36.7 Å². The van der Waals surface area contributed by atoms with Crippen LogP contribution in [0, 0.1) is 0 Å². The summed E-state index contributed by atoms with van der Waals surface area (Å²) in [6.45, 7) is 8.23. The summed E-state index contributed by atoms with van der Waals surface area (Å²) in [5, 5.41) is 0. The summed E-state index contributed by atoms with van der Waals surface area (Å²) in [5.41, 5.74) is 4.26. The van der Waals surface area contributed by atoms with Gasteiger partial charge in [-0.15, -0.1) is 0 Å². The number of likely N-dealkylation sites (tertiary alicyclic amines) is 1. The number of nitrogens with one attached hydrogen (secondary N) is 1. The number of H-pyrrole nitrogens is 1. The first-order valence-electron chi connectivity index (χ1n) is 16.2. The molecule has 2 amide bonds. The Balaban J connectivity index is 1.09. The SMILES string of the molecule is C[C@@H](c1ncc(-c2ccc(-c3ncc(-c4cnc([C@@H]5CCCN5C(=O)OC(C)(C)C)n4N)cn3)cc2)[nH]1)N(C)C(=O)OCc1ccccc1. The molecule has 1 aliphatic heterocycles. The summed E-state index contributed by atoms with van der Waals surface area (Å²) < 4.78 is 12.6. The smallest absolute Gasteiger partial charge is 0.410 e. The quantitative estimate of drug-likeness (QED) is 0.177. The van der Waals surface area contributed by atoms with Gasteiger partial charge < -0.3 is 25.2 Å². The van der Waals surface area contributed by atoms with Crippen LogP contribution in [0.1, 0.15) is 69.8 Å². The van der Waals surface area contributed by atoms with Gasteiger partial charge >= 0.3 is 12.2 Å². The fourth-order valence-electron chi connectivity index (χ4n) is 5.68. The van der Waals surface area contributed by atoms with Gasteiger partial charge in [-0.3, -0.25) is 4.90 Å². The number of hydrogen-bond acceptors (Lipinski definition) is 9. The molecule has 0 unspecified atom stereocenters. The average Bonchev–Trinajstić information content (AvgIpc) is 3.87. The van der Waals surface area contributed by atoms with Gasteiger partial charge in [-0.2, -0.15) is 0 Å². The Morgan fingerprint density at radius 3 is 2.35 bits per heavy atom. The third kappa shape index (κ3) is 7.40. The minimum Gasteiger partial charge on any atom is -0.445 e. The molecular formula is C36H41N9O4. The van der Waals surface area contributed by atoms with E-state index in [-0.39, 0.29) is 24.8 Å². The number of carbonyl (C=O) groups is 2. The highest BCUT2D eigenvalue weighted by Gasteiger charge is 2.36. The molecule has 1 saturated heterocycles. The average molecular weight is 664 g/mol. The van der Waals surface area contributed by atoms with Crippen LogP contribution in [-0.4, -0.2) is 70.8 Å². The molecule has 1 aliphatic rings. The third-order valence-corrected chi connectivity index (χ3v) is 8.47. The third-order valence-electron chi connectivity index (χ3n) is 8.47. The van der Waals surface area contributed by atoms with Crippen LogP contribution in [0.3, 0.4) is 0 Å². The lowest BCUT2D eigenvalue weighted by atomic mass is 10.1. The summed E-state index contributed by atoms with van der Waals surface area (Å²) in [4.78, 5) is 50.3. The van der Waals surface area contributed by atoms with Crippen molar-refractivity contribution in [2.45, 2.75) is 64.8 Å². The lowest BCUT2D eigenvalue weighted by Crippen LogP contribution is -2.37. The van der Waals surface area contributed by atoms with Crippen LogP contribution in [0.5, 0.6) is 0 Å². The van der Waals surface area contributed by atoms with Crippen molar-refractivity contribution < 1.29 is 19.1 Å². The predicted octanol–water partition coefficient (Wildman–Crippen LogP) is 6.51. The summed E-state index contributed by atoms with van der Waals surface area (Å²) in [7, 11) is 1.69. The van der Waals surface area contributed by atoms with E-state index in [1.807, 2.05) is 82.3 Å². The number of benzene rings is 2. The van der Waals surface area contributed by atoms with E-state index >= 15 is 0 Å². The Labute approximate surface area is 285 Å². The number of aromatic amines is 1. The Hall–Kier alpha value is -5.72. The molecule has 254 valence electrons. The van der Waals surface area contributed by atoms with Crippen molar-refractivity contribution in [2.75, 3.05) is 19.4 Å². The van der Waals surface area contributed by atoms with Crippen LogP contribution in [0.2, 0.25) is 0 Å². The van der Waals surface area contributed by atoms with Crippen molar-refractivity contribution in [1.82, 2.24) is 39.4 Å². The minimum atomic E-state index is -0.590. The molecule has 49 heavy (non-hydrogen) atoms. The number of nitrogens with zero attached hydrogens (tertiary/aromatic N) is 7. The molecule has 0 radical (unpaired) electrons. The van der Waals surface area contributed by atoms with Crippen molar-refractivity contribution in [3.05, 3.63) is 96.6 Å².